The van der Waals surface area contributed by atoms with Gasteiger partial charge in [0.2, 0.25) is 0 Å². The first-order valence-electron chi connectivity index (χ1n) is 9.94. The average Bonchev–Trinajstić information content (AvgIpc) is 3.47. The van der Waals surface area contributed by atoms with Crippen LogP contribution in [0.25, 0.3) is 11.3 Å². The molecule has 0 aliphatic heterocycles. The molecule has 1 fully saturated rings. The lowest BCUT2D eigenvalue weighted by Crippen LogP contribution is -2.41. The van der Waals surface area contributed by atoms with Gasteiger partial charge >= 0.3 is 0 Å². The van der Waals surface area contributed by atoms with Crippen LogP contribution in [0.5, 0.6) is 0 Å². The summed E-state index contributed by atoms with van der Waals surface area (Å²) in [7, 11) is 0. The minimum absolute atomic E-state index is 0.00678. The highest BCUT2D eigenvalue weighted by molar-refractivity contribution is 5.96. The Morgan fingerprint density at radius 3 is 2.38 bits per heavy atom. The third-order valence-electron chi connectivity index (χ3n) is 5.47. The third-order valence-corrected chi connectivity index (χ3v) is 5.47. The monoisotopic (exact) mass is 397 g/mol. The van der Waals surface area contributed by atoms with E-state index >= 15 is 0 Å². The topological polar surface area (TPSA) is 71.1 Å². The molecule has 2 amide bonds. The zero-order valence-electron chi connectivity index (χ0n) is 17.6. The van der Waals surface area contributed by atoms with E-state index in [1.54, 1.807) is 25.1 Å². The lowest BCUT2D eigenvalue weighted by atomic mass is 9.88. The number of rotatable bonds is 5. The molecule has 154 valence electrons. The number of nitrogens with zero attached hydrogens (tertiary/aromatic N) is 1. The van der Waals surface area contributed by atoms with Crippen molar-refractivity contribution in [1.82, 2.24) is 15.6 Å². The molecule has 1 atom stereocenters. The molecule has 3 rings (SSSR count). The first kappa shape index (κ1) is 21.0. The van der Waals surface area contributed by atoms with Gasteiger partial charge in [0.1, 0.15) is 5.82 Å². The van der Waals surface area contributed by atoms with Crippen molar-refractivity contribution in [2.75, 3.05) is 0 Å². The van der Waals surface area contributed by atoms with Gasteiger partial charge in [0.25, 0.3) is 11.8 Å². The van der Waals surface area contributed by atoms with Gasteiger partial charge in [-0.15, -0.1) is 0 Å². The van der Waals surface area contributed by atoms with Gasteiger partial charge in [-0.05, 0) is 61.9 Å². The van der Waals surface area contributed by atoms with Crippen LogP contribution in [0.4, 0.5) is 4.39 Å². The van der Waals surface area contributed by atoms with Gasteiger partial charge in [0.05, 0.1) is 11.3 Å². The van der Waals surface area contributed by atoms with Crippen LogP contribution >= 0.6 is 0 Å². The Morgan fingerprint density at radius 1 is 1.14 bits per heavy atom. The van der Waals surface area contributed by atoms with E-state index in [1.807, 2.05) is 6.92 Å². The molecule has 29 heavy (non-hydrogen) atoms. The maximum Gasteiger partial charge on any atom is 0.253 e. The molecule has 1 heterocycles. The standard InChI is InChI=1S/C23H28FN3O2/c1-13-18(10-16(11-19(13)24)22(29)27-17-7-8-17)20-9-6-15(12-25-20)21(28)26-14(2)23(3,4)5/h6,9-12,14,17H,7-8H2,1-5H3,(H,26,28)(H,27,29)/t14-/m1/s1. The predicted octanol–water partition coefficient (Wildman–Crippen LogP) is 4.25. The quantitative estimate of drug-likeness (QED) is 0.792. The van der Waals surface area contributed by atoms with Crippen LogP contribution in [0, 0.1) is 18.2 Å². The van der Waals surface area contributed by atoms with Gasteiger partial charge < -0.3 is 10.6 Å². The van der Waals surface area contributed by atoms with Gasteiger partial charge in [-0.2, -0.15) is 0 Å². The molecule has 1 saturated carbocycles. The molecule has 2 aromatic rings. The highest BCUT2D eigenvalue weighted by Gasteiger charge is 2.25. The summed E-state index contributed by atoms with van der Waals surface area (Å²) in [6, 6.07) is 6.45. The molecular formula is C23H28FN3O2. The second kappa shape index (κ2) is 7.93. The Labute approximate surface area is 171 Å². The Kier molecular flexibility index (Phi) is 5.73. The van der Waals surface area contributed by atoms with E-state index in [0.29, 0.717) is 22.4 Å². The zero-order chi connectivity index (χ0) is 21.3. The van der Waals surface area contributed by atoms with Crippen molar-refractivity contribution >= 4 is 11.8 Å². The fraction of sp³-hybridized carbons (Fsp3) is 0.435. The maximum atomic E-state index is 14.4. The van der Waals surface area contributed by atoms with Gasteiger partial charge in [0, 0.05) is 29.4 Å². The number of carbonyl (C=O) groups excluding carboxylic acids is 2. The SMILES string of the molecule is Cc1c(F)cc(C(=O)NC2CC2)cc1-c1ccc(C(=O)N[C@H](C)C(C)(C)C)cn1. The molecule has 1 aromatic carbocycles. The number of nitrogens with one attached hydrogen (secondary N) is 2. The summed E-state index contributed by atoms with van der Waals surface area (Å²) in [5.41, 5.74) is 2.13. The van der Waals surface area contributed by atoms with Crippen molar-refractivity contribution in [3.05, 3.63) is 53.0 Å². The van der Waals surface area contributed by atoms with E-state index in [1.165, 1.54) is 12.3 Å². The predicted molar refractivity (Wildman–Crippen MR) is 111 cm³/mol. The van der Waals surface area contributed by atoms with Crippen LogP contribution in [0.2, 0.25) is 0 Å². The minimum atomic E-state index is -0.453. The van der Waals surface area contributed by atoms with Crippen LogP contribution < -0.4 is 10.6 Å². The van der Waals surface area contributed by atoms with E-state index in [-0.39, 0.29) is 34.9 Å². The van der Waals surface area contributed by atoms with Crippen LogP contribution in [-0.4, -0.2) is 28.9 Å². The Hall–Kier alpha value is -2.76. The average molecular weight is 397 g/mol. The van der Waals surface area contributed by atoms with E-state index in [9.17, 15) is 14.0 Å². The van der Waals surface area contributed by atoms with Crippen LogP contribution in [0.3, 0.4) is 0 Å². The number of hydrogen-bond donors (Lipinski definition) is 2. The van der Waals surface area contributed by atoms with Gasteiger partial charge in [-0.3, -0.25) is 14.6 Å². The minimum Gasteiger partial charge on any atom is -0.349 e. The van der Waals surface area contributed by atoms with Gasteiger partial charge in [-0.1, -0.05) is 20.8 Å². The van der Waals surface area contributed by atoms with Crippen molar-refractivity contribution < 1.29 is 14.0 Å². The molecule has 1 aliphatic carbocycles. The number of pyridine rings is 1. The zero-order valence-corrected chi connectivity index (χ0v) is 17.6. The summed E-state index contributed by atoms with van der Waals surface area (Å²) >= 11 is 0. The fourth-order valence-electron chi connectivity index (χ4n) is 2.76. The van der Waals surface area contributed by atoms with Crippen molar-refractivity contribution in [2.45, 2.75) is 59.5 Å². The number of hydrogen-bond acceptors (Lipinski definition) is 3. The third kappa shape index (κ3) is 5.00. The second-order valence-corrected chi connectivity index (χ2v) is 8.87. The number of aromatic nitrogens is 1. The van der Waals surface area contributed by atoms with E-state index in [4.69, 9.17) is 0 Å². The Bertz CT molecular complexity index is 928. The molecule has 6 heteroatoms. The number of amides is 2. The van der Waals surface area contributed by atoms with Crippen molar-refractivity contribution in [1.29, 1.82) is 0 Å². The van der Waals surface area contributed by atoms with Crippen LogP contribution in [0.1, 0.15) is 66.8 Å². The molecule has 1 aliphatic rings. The highest BCUT2D eigenvalue weighted by Crippen LogP contribution is 2.27. The van der Waals surface area contributed by atoms with Gasteiger partial charge in [0.15, 0.2) is 0 Å². The lowest BCUT2D eigenvalue weighted by molar-refractivity contribution is 0.0908. The maximum absolute atomic E-state index is 14.4. The van der Waals surface area contributed by atoms with Gasteiger partial charge in [-0.25, -0.2) is 4.39 Å². The first-order chi connectivity index (χ1) is 13.6. The molecule has 0 spiro atoms. The summed E-state index contributed by atoms with van der Waals surface area (Å²) in [6.07, 6.45) is 3.41. The molecule has 0 saturated heterocycles. The normalized spacial score (nSPS) is 15.0. The summed E-state index contributed by atoms with van der Waals surface area (Å²) in [5.74, 6) is -0.933. The summed E-state index contributed by atoms with van der Waals surface area (Å²) in [5, 5.41) is 5.84. The Balaban J connectivity index is 1.82. The molecule has 5 nitrogen and oxygen atoms in total. The largest absolute Gasteiger partial charge is 0.349 e. The number of benzene rings is 1. The van der Waals surface area contributed by atoms with E-state index in [2.05, 4.69) is 36.4 Å². The molecular weight excluding hydrogens is 369 g/mol. The molecule has 0 radical (unpaired) electrons. The summed E-state index contributed by atoms with van der Waals surface area (Å²) in [4.78, 5) is 29.1. The van der Waals surface area contributed by atoms with Crippen LogP contribution in [0.15, 0.2) is 30.5 Å². The fourth-order valence-corrected chi connectivity index (χ4v) is 2.76. The number of halogens is 1. The van der Waals surface area contributed by atoms with Crippen molar-refractivity contribution in [3.63, 3.8) is 0 Å². The summed E-state index contributed by atoms with van der Waals surface area (Å²) in [6.45, 7) is 9.79. The summed E-state index contributed by atoms with van der Waals surface area (Å²) < 4.78 is 14.4. The molecule has 0 unspecified atom stereocenters. The highest BCUT2D eigenvalue weighted by atomic mass is 19.1. The molecule has 2 N–H and O–H groups in total. The second-order valence-electron chi connectivity index (χ2n) is 8.87. The smallest absolute Gasteiger partial charge is 0.253 e. The van der Waals surface area contributed by atoms with Crippen LogP contribution in [-0.2, 0) is 0 Å². The molecule has 0 bridgehead atoms. The van der Waals surface area contributed by atoms with Crippen molar-refractivity contribution in [3.8, 4) is 11.3 Å². The Morgan fingerprint density at radius 2 is 1.83 bits per heavy atom. The first-order valence-corrected chi connectivity index (χ1v) is 9.94. The van der Waals surface area contributed by atoms with E-state index in [0.717, 1.165) is 12.8 Å². The lowest BCUT2D eigenvalue weighted by Gasteiger charge is -2.28. The van der Waals surface area contributed by atoms with E-state index < -0.39 is 5.82 Å². The number of carbonyl (C=O) groups is 2. The van der Waals surface area contributed by atoms with Crippen molar-refractivity contribution in [2.24, 2.45) is 5.41 Å². The molecule has 1 aromatic heterocycles.